The minimum atomic E-state index is -0.540. The molecular weight excluding hydrogens is 442 g/mol. The van der Waals surface area contributed by atoms with Gasteiger partial charge in [-0.05, 0) is 48.4 Å². The molecule has 0 bridgehead atoms. The van der Waals surface area contributed by atoms with Crippen LogP contribution >= 0.6 is 23.4 Å². The van der Waals surface area contributed by atoms with Crippen molar-refractivity contribution in [2.75, 3.05) is 5.32 Å². The van der Waals surface area contributed by atoms with Gasteiger partial charge in [-0.3, -0.25) is 14.5 Å². The first kappa shape index (κ1) is 22.1. The Morgan fingerprint density at radius 1 is 1.06 bits per heavy atom. The molecule has 2 amide bonds. The molecule has 0 unspecified atom stereocenters. The topological polar surface area (TPSA) is 61.8 Å². The second-order valence-electron chi connectivity index (χ2n) is 7.51. The number of anilines is 1. The summed E-state index contributed by atoms with van der Waals surface area (Å²) in [6.07, 6.45) is 0.0668. The van der Waals surface area contributed by atoms with Gasteiger partial charge >= 0.3 is 0 Å². The number of nitrogens with one attached hydrogen (secondary N) is 1. The number of aryl methyl sites for hydroxylation is 1. The number of carbonyl (C=O) groups is 2. The van der Waals surface area contributed by atoms with Gasteiger partial charge in [-0.2, -0.15) is 0 Å². The highest BCUT2D eigenvalue weighted by Gasteiger charge is 2.39. The van der Waals surface area contributed by atoms with Gasteiger partial charge in [0.1, 0.15) is 5.25 Å². The lowest BCUT2D eigenvalue weighted by Gasteiger charge is -2.16. The van der Waals surface area contributed by atoms with Crippen LogP contribution in [0, 0.1) is 6.92 Å². The van der Waals surface area contributed by atoms with Crippen molar-refractivity contribution in [2.24, 2.45) is 4.99 Å². The molecule has 0 saturated carbocycles. The van der Waals surface area contributed by atoms with E-state index in [1.807, 2.05) is 73.7 Å². The van der Waals surface area contributed by atoms with Gasteiger partial charge in [-0.15, -0.1) is 0 Å². The van der Waals surface area contributed by atoms with Crippen LogP contribution in [-0.4, -0.2) is 27.1 Å². The van der Waals surface area contributed by atoms with Crippen molar-refractivity contribution in [3.8, 4) is 0 Å². The molecular formula is C25H22ClN3O2S. The van der Waals surface area contributed by atoms with Crippen LogP contribution in [0.15, 0.2) is 83.9 Å². The molecule has 1 fully saturated rings. The molecule has 0 radical (unpaired) electrons. The maximum atomic E-state index is 13.2. The summed E-state index contributed by atoms with van der Waals surface area (Å²) in [7, 11) is 0. The third-order valence-corrected chi connectivity index (χ3v) is 6.32. The fraction of sp³-hybridized carbons (Fsp3) is 0.160. The highest BCUT2D eigenvalue weighted by molar-refractivity contribution is 8.15. The smallest absolute Gasteiger partial charge is 0.242 e. The highest BCUT2D eigenvalue weighted by Crippen LogP contribution is 2.33. The Hall–Kier alpha value is -3.09. The van der Waals surface area contributed by atoms with E-state index in [9.17, 15) is 9.59 Å². The van der Waals surface area contributed by atoms with E-state index < -0.39 is 5.25 Å². The molecule has 1 atom stereocenters. The quantitative estimate of drug-likeness (QED) is 0.501. The molecule has 0 aliphatic carbocycles. The fourth-order valence-electron chi connectivity index (χ4n) is 3.40. The van der Waals surface area contributed by atoms with Crippen molar-refractivity contribution in [1.29, 1.82) is 0 Å². The summed E-state index contributed by atoms with van der Waals surface area (Å²) in [6.45, 7) is 2.36. The van der Waals surface area contributed by atoms with Crippen LogP contribution in [-0.2, 0) is 16.1 Å². The molecule has 0 aromatic heterocycles. The van der Waals surface area contributed by atoms with Gasteiger partial charge in [0, 0.05) is 17.1 Å². The van der Waals surface area contributed by atoms with Gasteiger partial charge in [0.05, 0.1) is 12.2 Å². The van der Waals surface area contributed by atoms with Crippen molar-refractivity contribution >= 4 is 51.7 Å². The zero-order valence-corrected chi connectivity index (χ0v) is 19.1. The van der Waals surface area contributed by atoms with Crippen LogP contribution in [0.3, 0.4) is 0 Å². The fourth-order valence-corrected chi connectivity index (χ4v) is 4.74. The first-order valence-electron chi connectivity index (χ1n) is 10.2. The van der Waals surface area contributed by atoms with Crippen LogP contribution in [0.5, 0.6) is 0 Å². The number of amidine groups is 1. The number of rotatable bonds is 6. The molecule has 1 aliphatic rings. The second kappa shape index (κ2) is 10.0. The van der Waals surface area contributed by atoms with E-state index in [-0.39, 0.29) is 18.2 Å². The zero-order valence-electron chi connectivity index (χ0n) is 17.5. The Kier molecular flexibility index (Phi) is 6.93. The Morgan fingerprint density at radius 3 is 2.59 bits per heavy atom. The van der Waals surface area contributed by atoms with E-state index in [0.29, 0.717) is 22.4 Å². The van der Waals surface area contributed by atoms with Crippen molar-refractivity contribution in [3.05, 3.63) is 95.0 Å². The number of nitrogens with zero attached hydrogens (tertiary/aromatic N) is 2. The number of thioether (sulfide) groups is 1. The molecule has 4 rings (SSSR count). The molecule has 1 saturated heterocycles. The number of amides is 2. The summed E-state index contributed by atoms with van der Waals surface area (Å²) in [5, 5.41) is 3.48. The van der Waals surface area contributed by atoms with Crippen LogP contribution in [0.25, 0.3) is 0 Å². The molecule has 7 heteroatoms. The molecule has 1 aliphatic heterocycles. The lowest BCUT2D eigenvalue weighted by molar-refractivity contribution is -0.128. The molecule has 3 aromatic carbocycles. The van der Waals surface area contributed by atoms with E-state index in [0.717, 1.165) is 16.8 Å². The zero-order chi connectivity index (χ0) is 22.5. The molecule has 32 heavy (non-hydrogen) atoms. The van der Waals surface area contributed by atoms with Gasteiger partial charge in [0.2, 0.25) is 11.8 Å². The lowest BCUT2D eigenvalue weighted by atomic mass is 10.2. The van der Waals surface area contributed by atoms with E-state index >= 15 is 0 Å². The van der Waals surface area contributed by atoms with E-state index in [1.54, 1.807) is 17.0 Å². The van der Waals surface area contributed by atoms with Crippen molar-refractivity contribution in [3.63, 3.8) is 0 Å². The average Bonchev–Trinajstić information content (AvgIpc) is 3.03. The van der Waals surface area contributed by atoms with Gasteiger partial charge < -0.3 is 5.32 Å². The number of hydrogen-bond donors (Lipinski definition) is 1. The summed E-state index contributed by atoms with van der Waals surface area (Å²) < 4.78 is 0. The minimum absolute atomic E-state index is 0.0668. The van der Waals surface area contributed by atoms with Gasteiger partial charge in [-0.25, -0.2) is 4.99 Å². The Labute approximate surface area is 196 Å². The van der Waals surface area contributed by atoms with Crippen LogP contribution in [0.2, 0.25) is 5.02 Å². The lowest BCUT2D eigenvalue weighted by Crippen LogP contribution is -2.33. The van der Waals surface area contributed by atoms with E-state index in [4.69, 9.17) is 11.6 Å². The first-order chi connectivity index (χ1) is 15.5. The Balaban J connectivity index is 1.54. The molecule has 1 heterocycles. The normalized spacial score (nSPS) is 17.1. The number of halogens is 1. The highest BCUT2D eigenvalue weighted by atomic mass is 35.5. The predicted octanol–water partition coefficient (Wildman–Crippen LogP) is 5.81. The Morgan fingerprint density at radius 2 is 1.84 bits per heavy atom. The molecule has 0 spiro atoms. The predicted molar refractivity (Wildman–Crippen MR) is 131 cm³/mol. The minimum Gasteiger partial charge on any atom is -0.326 e. The third-order valence-electron chi connectivity index (χ3n) is 4.91. The molecule has 5 nitrogen and oxygen atoms in total. The van der Waals surface area contributed by atoms with Crippen LogP contribution < -0.4 is 5.32 Å². The van der Waals surface area contributed by atoms with Crippen molar-refractivity contribution in [2.45, 2.75) is 25.1 Å². The van der Waals surface area contributed by atoms with E-state index in [1.165, 1.54) is 11.8 Å². The summed E-state index contributed by atoms with van der Waals surface area (Å²) in [4.78, 5) is 32.2. The van der Waals surface area contributed by atoms with Gasteiger partial charge in [-0.1, -0.05) is 71.9 Å². The maximum Gasteiger partial charge on any atom is 0.242 e. The largest absolute Gasteiger partial charge is 0.326 e. The van der Waals surface area contributed by atoms with E-state index in [2.05, 4.69) is 10.3 Å². The van der Waals surface area contributed by atoms with Crippen LogP contribution in [0.1, 0.15) is 17.5 Å². The van der Waals surface area contributed by atoms with Crippen molar-refractivity contribution < 1.29 is 9.59 Å². The van der Waals surface area contributed by atoms with Gasteiger partial charge in [0.25, 0.3) is 0 Å². The molecule has 3 aromatic rings. The summed E-state index contributed by atoms with van der Waals surface area (Å²) in [5.74, 6) is -0.329. The number of aliphatic imine (C=N–C) groups is 1. The molecule has 162 valence electrons. The summed E-state index contributed by atoms with van der Waals surface area (Å²) in [6, 6.07) is 24.5. The van der Waals surface area contributed by atoms with Gasteiger partial charge in [0.15, 0.2) is 5.17 Å². The second-order valence-corrected chi connectivity index (χ2v) is 9.12. The third kappa shape index (κ3) is 5.58. The summed E-state index contributed by atoms with van der Waals surface area (Å²) in [5.41, 5.74) is 3.43. The summed E-state index contributed by atoms with van der Waals surface area (Å²) >= 11 is 7.41. The van der Waals surface area contributed by atoms with Crippen LogP contribution in [0.4, 0.5) is 11.4 Å². The SMILES string of the molecule is Cc1cccc(NC(=O)C[C@H]2SC(=Nc3cccc(Cl)c3)N(Cc3ccccc3)C2=O)c1. The monoisotopic (exact) mass is 463 g/mol. The number of benzene rings is 3. The molecule has 1 N–H and O–H groups in total. The maximum absolute atomic E-state index is 13.2. The number of carbonyl (C=O) groups excluding carboxylic acids is 2. The standard InChI is InChI=1S/C25H22ClN3O2S/c1-17-7-5-11-20(13-17)27-23(30)15-22-24(31)29(16-18-8-3-2-4-9-18)25(32-22)28-21-12-6-10-19(26)14-21/h2-14,22H,15-16H2,1H3,(H,27,30)/t22-/m1/s1. The van der Waals surface area contributed by atoms with Crippen molar-refractivity contribution in [1.82, 2.24) is 4.90 Å². The first-order valence-corrected chi connectivity index (χ1v) is 11.5. The average molecular weight is 464 g/mol. The number of hydrogen-bond acceptors (Lipinski definition) is 4. The Bertz CT molecular complexity index is 1170.